The number of hydrogen-bond acceptors (Lipinski definition) is 2. The number of benzene rings is 1. The molecular weight excluding hydrogens is 257 g/mol. The molecule has 1 aromatic rings. The molecule has 0 radical (unpaired) electrons. The molecule has 1 atom stereocenters. The Labute approximate surface area is 110 Å². The molecule has 6 heteroatoms. The second-order valence-corrected chi connectivity index (χ2v) is 4.38. The molecule has 0 heterocycles. The average molecular weight is 274 g/mol. The zero-order chi connectivity index (χ0) is 14.5. The summed E-state index contributed by atoms with van der Waals surface area (Å²) in [6, 6.07) is 4.26. The number of halogens is 3. The Hall–Kier alpha value is -1.56. The fraction of sp³-hybridized carbons (Fsp3) is 0.462. The molecule has 0 bridgehead atoms. The first-order chi connectivity index (χ1) is 8.82. The van der Waals surface area contributed by atoms with Crippen molar-refractivity contribution in [3.05, 3.63) is 29.8 Å². The van der Waals surface area contributed by atoms with Crippen LogP contribution in [0.15, 0.2) is 24.3 Å². The van der Waals surface area contributed by atoms with Gasteiger partial charge in [0.05, 0.1) is 5.56 Å². The van der Waals surface area contributed by atoms with Gasteiger partial charge in [-0.15, -0.1) is 0 Å². The molecule has 0 spiro atoms. The molecule has 1 unspecified atom stereocenters. The SMILES string of the molecule is CCCC(N)CC(=O)Nc1cccc(C(F)(F)F)c1. The lowest BCUT2D eigenvalue weighted by Crippen LogP contribution is -2.26. The predicted octanol–water partition coefficient (Wildman–Crippen LogP) is 3.16. The highest BCUT2D eigenvalue weighted by Gasteiger charge is 2.30. The number of anilines is 1. The normalized spacial score (nSPS) is 13.1. The minimum Gasteiger partial charge on any atom is -0.327 e. The molecular formula is C13H17F3N2O. The summed E-state index contributed by atoms with van der Waals surface area (Å²) < 4.78 is 37.4. The number of hydrogen-bond donors (Lipinski definition) is 2. The Morgan fingerprint density at radius 3 is 2.68 bits per heavy atom. The maximum absolute atomic E-state index is 12.5. The summed E-state index contributed by atoms with van der Waals surface area (Å²) in [6.07, 6.45) is -2.75. The number of alkyl halides is 3. The predicted molar refractivity (Wildman–Crippen MR) is 67.6 cm³/mol. The zero-order valence-corrected chi connectivity index (χ0v) is 10.6. The van der Waals surface area contributed by atoms with Crippen molar-refractivity contribution in [3.8, 4) is 0 Å². The molecule has 106 valence electrons. The van der Waals surface area contributed by atoms with Gasteiger partial charge in [0.15, 0.2) is 0 Å². The van der Waals surface area contributed by atoms with E-state index in [4.69, 9.17) is 5.73 Å². The van der Waals surface area contributed by atoms with Gasteiger partial charge in [-0.3, -0.25) is 4.79 Å². The molecule has 3 N–H and O–H groups in total. The lowest BCUT2D eigenvalue weighted by Gasteiger charge is -2.12. The van der Waals surface area contributed by atoms with Gasteiger partial charge in [0.25, 0.3) is 0 Å². The Bertz CT molecular complexity index is 432. The Balaban J connectivity index is 2.65. The largest absolute Gasteiger partial charge is 0.416 e. The Morgan fingerprint density at radius 1 is 1.42 bits per heavy atom. The van der Waals surface area contributed by atoms with Gasteiger partial charge in [-0.1, -0.05) is 19.4 Å². The van der Waals surface area contributed by atoms with Crippen LogP contribution < -0.4 is 11.1 Å². The monoisotopic (exact) mass is 274 g/mol. The molecule has 0 aliphatic heterocycles. The van der Waals surface area contributed by atoms with Crippen molar-refractivity contribution in [1.82, 2.24) is 0 Å². The van der Waals surface area contributed by atoms with Crippen molar-refractivity contribution in [2.24, 2.45) is 5.73 Å². The Kier molecular flexibility index (Phi) is 5.35. The molecule has 3 nitrogen and oxygen atoms in total. The summed E-state index contributed by atoms with van der Waals surface area (Å²) in [7, 11) is 0. The van der Waals surface area contributed by atoms with Crippen LogP contribution in [0.1, 0.15) is 31.7 Å². The lowest BCUT2D eigenvalue weighted by molar-refractivity contribution is -0.137. The van der Waals surface area contributed by atoms with Crippen LogP contribution in [-0.4, -0.2) is 11.9 Å². The number of rotatable bonds is 5. The van der Waals surface area contributed by atoms with Crippen LogP contribution >= 0.6 is 0 Å². The van der Waals surface area contributed by atoms with Gasteiger partial charge in [-0.2, -0.15) is 13.2 Å². The van der Waals surface area contributed by atoms with Crippen LogP contribution in [0, 0.1) is 0 Å². The van der Waals surface area contributed by atoms with Crippen molar-refractivity contribution >= 4 is 11.6 Å². The number of carbonyl (C=O) groups is 1. The van der Waals surface area contributed by atoms with Crippen LogP contribution in [0.25, 0.3) is 0 Å². The van der Waals surface area contributed by atoms with Gasteiger partial charge in [-0.05, 0) is 24.6 Å². The van der Waals surface area contributed by atoms with Gasteiger partial charge in [0.1, 0.15) is 0 Å². The number of carbonyl (C=O) groups excluding carboxylic acids is 1. The fourth-order valence-electron chi connectivity index (χ4n) is 1.70. The van der Waals surface area contributed by atoms with E-state index in [0.717, 1.165) is 18.6 Å². The smallest absolute Gasteiger partial charge is 0.327 e. The quantitative estimate of drug-likeness (QED) is 0.866. The molecule has 0 saturated carbocycles. The van der Waals surface area contributed by atoms with E-state index in [2.05, 4.69) is 5.32 Å². The van der Waals surface area contributed by atoms with Crippen molar-refractivity contribution in [1.29, 1.82) is 0 Å². The van der Waals surface area contributed by atoms with Crippen LogP contribution in [-0.2, 0) is 11.0 Å². The summed E-state index contributed by atoms with van der Waals surface area (Å²) in [4.78, 5) is 11.6. The van der Waals surface area contributed by atoms with Crippen molar-refractivity contribution in [3.63, 3.8) is 0 Å². The highest BCUT2D eigenvalue weighted by atomic mass is 19.4. The van der Waals surface area contributed by atoms with Gasteiger partial charge >= 0.3 is 6.18 Å². The fourth-order valence-corrected chi connectivity index (χ4v) is 1.70. The third kappa shape index (κ3) is 5.30. The maximum atomic E-state index is 12.5. The van der Waals surface area contributed by atoms with Gasteiger partial charge in [-0.25, -0.2) is 0 Å². The molecule has 0 aliphatic rings. The number of nitrogens with two attached hydrogens (primary N) is 1. The molecule has 1 amide bonds. The summed E-state index contributed by atoms with van der Waals surface area (Å²) in [5.41, 5.74) is 5.04. The minimum atomic E-state index is -4.42. The molecule has 19 heavy (non-hydrogen) atoms. The third-order valence-electron chi connectivity index (χ3n) is 2.58. The Morgan fingerprint density at radius 2 is 2.11 bits per heavy atom. The van der Waals surface area contributed by atoms with E-state index in [9.17, 15) is 18.0 Å². The first kappa shape index (κ1) is 15.5. The third-order valence-corrected chi connectivity index (χ3v) is 2.58. The second kappa shape index (κ2) is 6.56. The van der Waals surface area contributed by atoms with Crippen LogP contribution in [0.5, 0.6) is 0 Å². The maximum Gasteiger partial charge on any atom is 0.416 e. The lowest BCUT2D eigenvalue weighted by atomic mass is 10.1. The molecule has 1 rings (SSSR count). The number of nitrogens with one attached hydrogen (secondary N) is 1. The molecule has 0 aromatic heterocycles. The molecule has 0 fully saturated rings. The summed E-state index contributed by atoms with van der Waals surface area (Å²) >= 11 is 0. The first-order valence-electron chi connectivity index (χ1n) is 6.05. The van der Waals surface area contributed by atoms with Gasteiger partial charge < -0.3 is 11.1 Å². The summed E-state index contributed by atoms with van der Waals surface area (Å²) in [5.74, 6) is -0.375. The van der Waals surface area contributed by atoms with Crippen molar-refractivity contribution < 1.29 is 18.0 Å². The van der Waals surface area contributed by atoms with Crippen LogP contribution in [0.3, 0.4) is 0 Å². The molecule has 0 aliphatic carbocycles. The van der Waals surface area contributed by atoms with Crippen LogP contribution in [0.4, 0.5) is 18.9 Å². The minimum absolute atomic E-state index is 0.101. The van der Waals surface area contributed by atoms with E-state index in [1.807, 2.05) is 6.92 Å². The molecule has 1 aromatic carbocycles. The topological polar surface area (TPSA) is 55.1 Å². The van der Waals surface area contributed by atoms with E-state index in [1.165, 1.54) is 12.1 Å². The highest BCUT2D eigenvalue weighted by molar-refractivity contribution is 5.91. The van der Waals surface area contributed by atoms with E-state index in [1.54, 1.807) is 0 Å². The van der Waals surface area contributed by atoms with Crippen molar-refractivity contribution in [2.75, 3.05) is 5.32 Å². The first-order valence-corrected chi connectivity index (χ1v) is 6.05. The highest BCUT2D eigenvalue weighted by Crippen LogP contribution is 2.30. The molecule has 0 saturated heterocycles. The zero-order valence-electron chi connectivity index (χ0n) is 10.6. The van der Waals surface area contributed by atoms with Gasteiger partial charge in [0, 0.05) is 18.2 Å². The van der Waals surface area contributed by atoms with E-state index in [-0.39, 0.29) is 24.1 Å². The standard InChI is InChI=1S/C13H17F3N2O/c1-2-4-10(17)8-12(19)18-11-6-3-5-9(7-11)13(14,15)16/h3,5-7,10H,2,4,8,17H2,1H3,(H,18,19). The summed E-state index contributed by atoms with van der Waals surface area (Å²) in [5, 5.41) is 2.42. The van der Waals surface area contributed by atoms with E-state index < -0.39 is 11.7 Å². The average Bonchev–Trinajstić information content (AvgIpc) is 2.28. The van der Waals surface area contributed by atoms with E-state index >= 15 is 0 Å². The van der Waals surface area contributed by atoms with E-state index in [0.29, 0.717) is 6.42 Å². The van der Waals surface area contributed by atoms with Gasteiger partial charge in [0.2, 0.25) is 5.91 Å². The summed E-state index contributed by atoms with van der Waals surface area (Å²) in [6.45, 7) is 1.95. The van der Waals surface area contributed by atoms with Crippen LogP contribution in [0.2, 0.25) is 0 Å². The number of amides is 1. The second-order valence-electron chi connectivity index (χ2n) is 4.38. The van der Waals surface area contributed by atoms with Crippen molar-refractivity contribution in [2.45, 2.75) is 38.4 Å².